The van der Waals surface area contributed by atoms with Crippen molar-refractivity contribution in [2.24, 2.45) is 5.73 Å². The van der Waals surface area contributed by atoms with Gasteiger partial charge in [0.1, 0.15) is 6.10 Å². The molecule has 2 heterocycles. The number of carbonyl (C=O) groups is 2. The monoisotopic (exact) mass is 342 g/mol. The lowest BCUT2D eigenvalue weighted by Gasteiger charge is -2.43. The van der Waals surface area contributed by atoms with Gasteiger partial charge in [0.15, 0.2) is 0 Å². The number of morpholine rings is 1. The number of rotatable bonds is 3. The Bertz CT molecular complexity index is 697. The summed E-state index contributed by atoms with van der Waals surface area (Å²) in [6, 6.07) is 8.83. The molecule has 0 spiro atoms. The van der Waals surface area contributed by atoms with Crippen LogP contribution in [-0.4, -0.2) is 54.6 Å². The number of hydrogen-bond acceptors (Lipinski definition) is 5. The summed E-state index contributed by atoms with van der Waals surface area (Å²) in [6.07, 6.45) is 0.805. The Morgan fingerprint density at radius 2 is 2.04 bits per heavy atom. The highest BCUT2D eigenvalue weighted by Gasteiger charge is 2.39. The van der Waals surface area contributed by atoms with Crippen molar-refractivity contribution in [1.29, 1.82) is 5.26 Å². The number of nitrogens with two attached hydrogens (primary N) is 1. The Hall–Kier alpha value is -2.43. The fraction of sp³-hybridized carbons (Fsp3) is 0.500. The Balaban J connectivity index is 1.77. The molecule has 1 aromatic rings. The zero-order chi connectivity index (χ0) is 18.0. The molecule has 2 aliphatic rings. The average Bonchev–Trinajstić information content (AvgIpc) is 2.61. The number of amides is 2. The summed E-state index contributed by atoms with van der Waals surface area (Å²) < 4.78 is 5.57. The predicted octanol–water partition coefficient (Wildman–Crippen LogP) is 0.628. The second-order valence-corrected chi connectivity index (χ2v) is 6.60. The van der Waals surface area contributed by atoms with E-state index in [2.05, 4.69) is 6.07 Å². The van der Waals surface area contributed by atoms with Gasteiger partial charge in [-0.2, -0.15) is 5.26 Å². The van der Waals surface area contributed by atoms with E-state index in [0.29, 0.717) is 25.2 Å². The fourth-order valence-corrected chi connectivity index (χ4v) is 3.56. The van der Waals surface area contributed by atoms with Crippen LogP contribution in [0.5, 0.6) is 0 Å². The molecule has 7 heteroatoms. The summed E-state index contributed by atoms with van der Waals surface area (Å²) in [5, 5.41) is 8.91. The lowest BCUT2D eigenvalue weighted by atomic mass is 10.00. The molecule has 0 radical (unpaired) electrons. The highest BCUT2D eigenvalue weighted by atomic mass is 16.5. The number of ether oxygens (including phenoxy) is 1. The number of anilines is 1. The molecule has 0 aromatic heterocycles. The molecule has 0 saturated carbocycles. The molecule has 7 nitrogen and oxygen atoms in total. The van der Waals surface area contributed by atoms with Crippen molar-refractivity contribution in [3.63, 3.8) is 0 Å². The van der Waals surface area contributed by atoms with Crippen LogP contribution in [0.1, 0.15) is 25.3 Å². The third-order valence-electron chi connectivity index (χ3n) is 4.77. The summed E-state index contributed by atoms with van der Waals surface area (Å²) in [6.45, 7) is 3.48. The first-order valence-electron chi connectivity index (χ1n) is 8.50. The van der Waals surface area contributed by atoms with Crippen molar-refractivity contribution in [2.75, 3.05) is 24.5 Å². The van der Waals surface area contributed by atoms with Crippen LogP contribution in [0.25, 0.3) is 0 Å². The number of carbonyl (C=O) groups excluding carboxylic acids is 2. The number of hydrogen-bond donors (Lipinski definition) is 1. The lowest BCUT2D eigenvalue weighted by molar-refractivity contribution is -0.148. The lowest BCUT2D eigenvalue weighted by Crippen LogP contribution is -2.60. The maximum atomic E-state index is 13.0. The first-order chi connectivity index (χ1) is 12.0. The van der Waals surface area contributed by atoms with Gasteiger partial charge < -0.3 is 15.4 Å². The molecule has 2 fully saturated rings. The molecule has 1 aromatic carbocycles. The number of nitriles is 1. The third kappa shape index (κ3) is 3.65. The molecule has 2 amide bonds. The van der Waals surface area contributed by atoms with Gasteiger partial charge in [0.2, 0.25) is 11.8 Å². The van der Waals surface area contributed by atoms with Crippen LogP contribution in [0.15, 0.2) is 24.3 Å². The van der Waals surface area contributed by atoms with Crippen molar-refractivity contribution < 1.29 is 14.3 Å². The molecule has 3 atom stereocenters. The standard InChI is InChI=1S/C18H22N4O3/c1-12-10-21(11-16(25-12)17(20)23)15-3-2-8-22(18(15)24)14-6-4-13(9-19)5-7-14/h4-7,12,15-16H,2-3,8,10-11H2,1H3,(H2,20,23)/t12-,15-,16-/m1/s1. The summed E-state index contributed by atoms with van der Waals surface area (Å²) in [7, 11) is 0. The third-order valence-corrected chi connectivity index (χ3v) is 4.77. The van der Waals surface area contributed by atoms with Gasteiger partial charge in [0, 0.05) is 25.3 Å². The van der Waals surface area contributed by atoms with Gasteiger partial charge in [-0.05, 0) is 44.0 Å². The van der Waals surface area contributed by atoms with Gasteiger partial charge in [-0.1, -0.05) is 0 Å². The van der Waals surface area contributed by atoms with E-state index in [9.17, 15) is 9.59 Å². The van der Waals surface area contributed by atoms with E-state index in [1.165, 1.54) is 0 Å². The predicted molar refractivity (Wildman–Crippen MR) is 91.6 cm³/mol. The number of benzene rings is 1. The minimum Gasteiger partial charge on any atom is -0.367 e. The Morgan fingerprint density at radius 1 is 1.32 bits per heavy atom. The topological polar surface area (TPSA) is 99.7 Å². The van der Waals surface area contributed by atoms with Gasteiger partial charge in [-0.15, -0.1) is 0 Å². The first kappa shape index (κ1) is 17.4. The summed E-state index contributed by atoms with van der Waals surface area (Å²) in [4.78, 5) is 28.3. The smallest absolute Gasteiger partial charge is 0.247 e. The molecule has 0 aliphatic carbocycles. The highest BCUT2D eigenvalue weighted by molar-refractivity contribution is 5.98. The zero-order valence-corrected chi connectivity index (χ0v) is 14.2. The van der Waals surface area contributed by atoms with Crippen LogP contribution >= 0.6 is 0 Å². The van der Waals surface area contributed by atoms with E-state index >= 15 is 0 Å². The zero-order valence-electron chi connectivity index (χ0n) is 14.2. The normalized spacial score (nSPS) is 27.8. The summed E-state index contributed by atoms with van der Waals surface area (Å²) in [5.74, 6) is -0.475. The van der Waals surface area contributed by atoms with Crippen LogP contribution in [0.4, 0.5) is 5.69 Å². The largest absolute Gasteiger partial charge is 0.367 e. The Kier molecular flexibility index (Phi) is 5.02. The van der Waals surface area contributed by atoms with Crippen LogP contribution in [0.3, 0.4) is 0 Å². The van der Waals surface area contributed by atoms with Crippen LogP contribution in [0.2, 0.25) is 0 Å². The molecule has 2 aliphatic heterocycles. The van der Waals surface area contributed by atoms with Gasteiger partial charge in [-0.25, -0.2) is 0 Å². The van der Waals surface area contributed by atoms with Crippen molar-refractivity contribution in [3.05, 3.63) is 29.8 Å². The number of primary amides is 1. The first-order valence-corrected chi connectivity index (χ1v) is 8.50. The minimum absolute atomic E-state index is 0.0216. The van der Waals surface area contributed by atoms with Crippen LogP contribution < -0.4 is 10.6 Å². The highest BCUT2D eigenvalue weighted by Crippen LogP contribution is 2.26. The molecule has 25 heavy (non-hydrogen) atoms. The second kappa shape index (κ2) is 7.21. The Labute approximate surface area is 146 Å². The van der Waals surface area contributed by atoms with Crippen molar-refractivity contribution in [2.45, 2.75) is 38.0 Å². The quantitative estimate of drug-likeness (QED) is 0.868. The maximum absolute atomic E-state index is 13.0. The molecule has 0 unspecified atom stereocenters. The van der Waals surface area contributed by atoms with E-state index in [4.69, 9.17) is 15.7 Å². The van der Waals surface area contributed by atoms with Crippen molar-refractivity contribution >= 4 is 17.5 Å². The average molecular weight is 342 g/mol. The maximum Gasteiger partial charge on any atom is 0.247 e. The van der Waals surface area contributed by atoms with Gasteiger partial charge >= 0.3 is 0 Å². The van der Waals surface area contributed by atoms with Crippen LogP contribution in [-0.2, 0) is 14.3 Å². The summed E-state index contributed by atoms with van der Waals surface area (Å²) >= 11 is 0. The van der Waals surface area contributed by atoms with E-state index in [0.717, 1.165) is 18.5 Å². The molecule has 132 valence electrons. The molecule has 0 bridgehead atoms. The SMILES string of the molecule is C[C@@H]1CN([C@@H]2CCCN(c3ccc(C#N)cc3)C2=O)C[C@H](C(N)=O)O1. The van der Waals surface area contributed by atoms with E-state index < -0.39 is 12.0 Å². The summed E-state index contributed by atoms with van der Waals surface area (Å²) in [5.41, 5.74) is 6.75. The Morgan fingerprint density at radius 3 is 2.68 bits per heavy atom. The van der Waals surface area contributed by atoms with Crippen molar-refractivity contribution in [3.8, 4) is 6.07 Å². The number of piperidine rings is 1. The molecular weight excluding hydrogens is 320 g/mol. The molecule has 3 rings (SSSR count). The van der Waals surface area contributed by atoms with Crippen LogP contribution in [0, 0.1) is 11.3 Å². The van der Waals surface area contributed by atoms with Gasteiger partial charge in [0.05, 0.1) is 23.8 Å². The molecular formula is C18H22N4O3. The molecule has 2 saturated heterocycles. The van der Waals surface area contributed by atoms with Gasteiger partial charge in [0.25, 0.3) is 0 Å². The van der Waals surface area contributed by atoms with E-state index in [1.54, 1.807) is 29.2 Å². The molecule has 2 N–H and O–H groups in total. The minimum atomic E-state index is -0.679. The van der Waals surface area contributed by atoms with Crippen molar-refractivity contribution in [1.82, 2.24) is 4.90 Å². The second-order valence-electron chi connectivity index (χ2n) is 6.60. The number of nitrogens with zero attached hydrogens (tertiary/aromatic N) is 3. The van der Waals surface area contributed by atoms with Gasteiger partial charge in [-0.3, -0.25) is 14.5 Å². The fourth-order valence-electron chi connectivity index (χ4n) is 3.56. The van der Waals surface area contributed by atoms with E-state index in [-0.39, 0.29) is 18.1 Å². The van der Waals surface area contributed by atoms with E-state index in [1.807, 2.05) is 11.8 Å².